The van der Waals surface area contributed by atoms with E-state index in [-0.39, 0.29) is 18.1 Å². The second kappa shape index (κ2) is 4.72. The predicted octanol–water partition coefficient (Wildman–Crippen LogP) is 0.659. The first-order valence-corrected chi connectivity index (χ1v) is 4.62. The van der Waals surface area contributed by atoms with Gasteiger partial charge in [0.15, 0.2) is 0 Å². The molecule has 0 fully saturated rings. The molecule has 0 aliphatic rings. The monoisotopic (exact) mass is 223 g/mol. The van der Waals surface area contributed by atoms with Gasteiger partial charge in [0, 0.05) is 12.1 Å². The van der Waals surface area contributed by atoms with Gasteiger partial charge in [-0.3, -0.25) is 4.79 Å². The first-order chi connectivity index (χ1) is 5.02. The molecule has 0 spiro atoms. The molecule has 0 saturated heterocycles. The summed E-state index contributed by atoms with van der Waals surface area (Å²) in [6.07, 6.45) is 0.575. The number of halogens is 1. The summed E-state index contributed by atoms with van der Waals surface area (Å²) < 4.78 is 0. The number of hydrogen-bond donors (Lipinski definition) is 2. The highest BCUT2D eigenvalue weighted by atomic mass is 79.9. The molecule has 11 heavy (non-hydrogen) atoms. The molecule has 0 heterocycles. The minimum Gasteiger partial charge on any atom is -0.396 e. The normalized spacial score (nSPS) is 11.3. The van der Waals surface area contributed by atoms with Crippen LogP contribution in [0.25, 0.3) is 0 Å². The maximum atomic E-state index is 10.9. The summed E-state index contributed by atoms with van der Waals surface area (Å²) in [7, 11) is 0. The first-order valence-electron chi connectivity index (χ1n) is 3.49. The van der Waals surface area contributed by atoms with Crippen molar-refractivity contribution in [1.29, 1.82) is 0 Å². The van der Waals surface area contributed by atoms with Gasteiger partial charge in [-0.15, -0.1) is 0 Å². The fraction of sp³-hybridized carbons (Fsp3) is 0.857. The molecule has 0 rings (SSSR count). The number of amides is 1. The van der Waals surface area contributed by atoms with Crippen LogP contribution in [0.1, 0.15) is 20.3 Å². The molecule has 0 atom stereocenters. The molecular weight excluding hydrogens is 210 g/mol. The Labute approximate surface area is 75.3 Å². The molecule has 0 aliphatic carbocycles. The Morgan fingerprint density at radius 1 is 1.64 bits per heavy atom. The van der Waals surface area contributed by atoms with E-state index in [1.807, 2.05) is 13.8 Å². The van der Waals surface area contributed by atoms with Crippen LogP contribution in [0.3, 0.4) is 0 Å². The Balaban J connectivity index is 3.80. The maximum Gasteiger partial charge on any atom is 0.231 e. The van der Waals surface area contributed by atoms with Crippen molar-refractivity contribution < 1.29 is 9.90 Å². The number of carbonyl (C=O) groups is 1. The van der Waals surface area contributed by atoms with Crippen molar-refractivity contribution in [2.24, 2.45) is 0 Å². The molecule has 0 aliphatic heterocycles. The van der Waals surface area contributed by atoms with Gasteiger partial charge in [-0.25, -0.2) is 0 Å². The summed E-state index contributed by atoms with van der Waals surface area (Å²) in [5.74, 6) is -0.0524. The highest BCUT2D eigenvalue weighted by Crippen LogP contribution is 2.06. The standard InChI is InChI=1S/C7H14BrNO2/c1-7(2,3-4-10)9-6(11)5-8/h10H,3-5H2,1-2H3,(H,9,11). The Morgan fingerprint density at radius 3 is 2.55 bits per heavy atom. The van der Waals surface area contributed by atoms with Crippen LogP contribution < -0.4 is 5.32 Å². The number of nitrogens with one attached hydrogen (secondary N) is 1. The fourth-order valence-corrected chi connectivity index (χ4v) is 0.893. The van der Waals surface area contributed by atoms with Crippen molar-refractivity contribution in [3.05, 3.63) is 0 Å². The van der Waals surface area contributed by atoms with Gasteiger partial charge in [-0.2, -0.15) is 0 Å². The molecule has 0 bridgehead atoms. The third kappa shape index (κ3) is 5.21. The topological polar surface area (TPSA) is 49.3 Å². The van der Waals surface area contributed by atoms with Crippen molar-refractivity contribution >= 4 is 21.8 Å². The van der Waals surface area contributed by atoms with Gasteiger partial charge < -0.3 is 10.4 Å². The number of aliphatic hydroxyl groups excluding tert-OH is 1. The Bertz CT molecular complexity index is 136. The van der Waals surface area contributed by atoms with Crippen molar-refractivity contribution in [3.63, 3.8) is 0 Å². The molecule has 0 aromatic heterocycles. The molecule has 4 heteroatoms. The molecule has 66 valence electrons. The number of carbonyl (C=O) groups excluding carboxylic acids is 1. The van der Waals surface area contributed by atoms with Crippen LogP contribution in [0.15, 0.2) is 0 Å². The Hall–Kier alpha value is -0.0900. The zero-order valence-corrected chi connectivity index (χ0v) is 8.44. The van der Waals surface area contributed by atoms with Crippen LogP contribution in [-0.4, -0.2) is 28.5 Å². The van der Waals surface area contributed by atoms with Gasteiger partial charge in [-0.1, -0.05) is 15.9 Å². The van der Waals surface area contributed by atoms with E-state index in [1.165, 1.54) is 0 Å². The summed E-state index contributed by atoms with van der Waals surface area (Å²) in [6.45, 7) is 3.85. The van der Waals surface area contributed by atoms with Gasteiger partial charge in [0.1, 0.15) is 0 Å². The highest BCUT2D eigenvalue weighted by molar-refractivity contribution is 9.09. The largest absolute Gasteiger partial charge is 0.396 e. The van der Waals surface area contributed by atoms with E-state index in [1.54, 1.807) is 0 Å². The van der Waals surface area contributed by atoms with Gasteiger partial charge in [0.2, 0.25) is 5.91 Å². The summed E-state index contributed by atoms with van der Waals surface area (Å²) in [4.78, 5) is 10.9. The predicted molar refractivity (Wildman–Crippen MR) is 47.7 cm³/mol. The minimum absolute atomic E-state index is 0.0524. The summed E-state index contributed by atoms with van der Waals surface area (Å²) in [5, 5.41) is 11.7. The van der Waals surface area contributed by atoms with E-state index in [0.717, 1.165) is 0 Å². The Kier molecular flexibility index (Phi) is 4.68. The second-order valence-electron chi connectivity index (χ2n) is 3.04. The van der Waals surface area contributed by atoms with Gasteiger partial charge >= 0.3 is 0 Å². The maximum absolute atomic E-state index is 10.9. The smallest absolute Gasteiger partial charge is 0.231 e. The SMILES string of the molecule is CC(C)(CCO)NC(=O)CBr. The number of hydrogen-bond acceptors (Lipinski definition) is 2. The molecule has 2 N–H and O–H groups in total. The molecule has 1 amide bonds. The lowest BCUT2D eigenvalue weighted by atomic mass is 10.0. The van der Waals surface area contributed by atoms with E-state index in [2.05, 4.69) is 21.2 Å². The molecule has 0 aromatic carbocycles. The zero-order chi connectivity index (χ0) is 8.91. The molecule has 3 nitrogen and oxygen atoms in total. The summed E-state index contributed by atoms with van der Waals surface area (Å²) in [5.41, 5.74) is -0.306. The highest BCUT2D eigenvalue weighted by Gasteiger charge is 2.18. The van der Waals surface area contributed by atoms with Crippen molar-refractivity contribution in [1.82, 2.24) is 5.32 Å². The molecule has 0 radical (unpaired) electrons. The van der Waals surface area contributed by atoms with Crippen LogP contribution in [-0.2, 0) is 4.79 Å². The van der Waals surface area contributed by atoms with Gasteiger partial charge in [-0.05, 0) is 20.3 Å². The fourth-order valence-electron chi connectivity index (χ4n) is 0.753. The third-order valence-electron chi connectivity index (χ3n) is 1.34. The van der Waals surface area contributed by atoms with Crippen LogP contribution in [0.5, 0.6) is 0 Å². The van der Waals surface area contributed by atoms with E-state index in [4.69, 9.17) is 5.11 Å². The number of aliphatic hydroxyl groups is 1. The molecule has 0 unspecified atom stereocenters. The van der Waals surface area contributed by atoms with Crippen LogP contribution >= 0.6 is 15.9 Å². The van der Waals surface area contributed by atoms with Crippen LogP contribution in [0.4, 0.5) is 0 Å². The summed E-state index contributed by atoms with van der Waals surface area (Å²) in [6, 6.07) is 0. The van der Waals surface area contributed by atoms with E-state index in [0.29, 0.717) is 11.8 Å². The van der Waals surface area contributed by atoms with Gasteiger partial charge in [0.25, 0.3) is 0 Å². The minimum atomic E-state index is -0.306. The van der Waals surface area contributed by atoms with Crippen LogP contribution in [0, 0.1) is 0 Å². The van der Waals surface area contributed by atoms with Crippen molar-refractivity contribution in [3.8, 4) is 0 Å². The zero-order valence-electron chi connectivity index (χ0n) is 6.85. The summed E-state index contributed by atoms with van der Waals surface area (Å²) >= 11 is 3.04. The second-order valence-corrected chi connectivity index (χ2v) is 3.60. The Morgan fingerprint density at radius 2 is 2.18 bits per heavy atom. The van der Waals surface area contributed by atoms with Crippen molar-refractivity contribution in [2.45, 2.75) is 25.8 Å². The first kappa shape index (κ1) is 10.9. The van der Waals surface area contributed by atoms with Crippen LogP contribution in [0.2, 0.25) is 0 Å². The number of rotatable bonds is 4. The molecular formula is C7H14BrNO2. The van der Waals surface area contributed by atoms with Gasteiger partial charge in [0.05, 0.1) is 5.33 Å². The molecule has 0 aromatic rings. The van der Waals surface area contributed by atoms with E-state index >= 15 is 0 Å². The average molecular weight is 224 g/mol. The number of alkyl halides is 1. The lowest BCUT2D eigenvalue weighted by Gasteiger charge is -2.24. The third-order valence-corrected chi connectivity index (χ3v) is 1.85. The van der Waals surface area contributed by atoms with E-state index in [9.17, 15) is 4.79 Å². The molecule has 0 saturated carbocycles. The lowest BCUT2D eigenvalue weighted by molar-refractivity contribution is -0.120. The quantitative estimate of drug-likeness (QED) is 0.689. The van der Waals surface area contributed by atoms with E-state index < -0.39 is 0 Å². The average Bonchev–Trinajstić information content (AvgIpc) is 1.86. The van der Waals surface area contributed by atoms with Crippen molar-refractivity contribution in [2.75, 3.05) is 11.9 Å². The lowest BCUT2D eigenvalue weighted by Crippen LogP contribution is -2.44.